The Hall–Kier alpha value is -1.40. The van der Waals surface area contributed by atoms with E-state index in [9.17, 15) is 4.79 Å². The van der Waals surface area contributed by atoms with E-state index < -0.39 is 0 Å². The summed E-state index contributed by atoms with van der Waals surface area (Å²) < 4.78 is 7.26. The highest BCUT2D eigenvalue weighted by molar-refractivity contribution is 7.18. The molecule has 18 heavy (non-hydrogen) atoms. The Kier molecular flexibility index (Phi) is 3.29. The second-order valence-electron chi connectivity index (χ2n) is 4.43. The quantitative estimate of drug-likeness (QED) is 0.899. The molecule has 3 rings (SSSR count). The monoisotopic (exact) mass is 265 g/mol. The van der Waals surface area contributed by atoms with Gasteiger partial charge in [0.25, 0.3) is 5.91 Å². The van der Waals surface area contributed by atoms with Crippen LogP contribution in [0.3, 0.4) is 0 Å². The van der Waals surface area contributed by atoms with Crippen molar-refractivity contribution in [3.63, 3.8) is 0 Å². The minimum Gasteiger partial charge on any atom is -0.381 e. The fraction of sp³-hybridized carbons (Fsp3) is 0.500. The fourth-order valence-electron chi connectivity index (χ4n) is 2.14. The first-order valence-electron chi connectivity index (χ1n) is 6.14. The van der Waals surface area contributed by atoms with E-state index in [1.807, 2.05) is 16.8 Å². The van der Waals surface area contributed by atoms with Gasteiger partial charge in [0, 0.05) is 37.8 Å². The number of aromatic nitrogens is 2. The third-order valence-corrected chi connectivity index (χ3v) is 4.11. The van der Waals surface area contributed by atoms with Crippen molar-refractivity contribution in [2.45, 2.75) is 25.3 Å². The predicted molar refractivity (Wildman–Crippen MR) is 69.0 cm³/mol. The van der Waals surface area contributed by atoms with Gasteiger partial charge in [0.15, 0.2) is 4.96 Å². The molecule has 1 aliphatic heterocycles. The van der Waals surface area contributed by atoms with Gasteiger partial charge in [-0.15, -0.1) is 0 Å². The average Bonchev–Trinajstić information content (AvgIpc) is 2.85. The molecule has 96 valence electrons. The molecule has 0 spiro atoms. The van der Waals surface area contributed by atoms with Gasteiger partial charge in [-0.1, -0.05) is 11.3 Å². The van der Waals surface area contributed by atoms with E-state index in [2.05, 4.69) is 10.3 Å². The number of ether oxygens (including phenoxy) is 1. The van der Waals surface area contributed by atoms with E-state index >= 15 is 0 Å². The average molecular weight is 265 g/mol. The second kappa shape index (κ2) is 5.07. The molecule has 5 nitrogen and oxygen atoms in total. The third kappa shape index (κ3) is 2.39. The Labute approximate surface area is 109 Å². The Bertz CT molecular complexity index is 512. The standard InChI is InChI=1S/C12H15N3O2S/c16-11(14-9-2-1-6-17-7-3-9)10-8-15-5-4-13-12(15)18-10/h4-5,8-9H,1-3,6-7H2,(H,14,16). The van der Waals surface area contributed by atoms with Gasteiger partial charge in [-0.2, -0.15) is 0 Å². The van der Waals surface area contributed by atoms with Crippen LogP contribution in [0.5, 0.6) is 0 Å². The summed E-state index contributed by atoms with van der Waals surface area (Å²) in [6.07, 6.45) is 8.31. The molecule has 1 saturated heterocycles. The molecule has 1 unspecified atom stereocenters. The van der Waals surface area contributed by atoms with Crippen molar-refractivity contribution < 1.29 is 9.53 Å². The van der Waals surface area contributed by atoms with Gasteiger partial charge in [0.1, 0.15) is 4.88 Å². The summed E-state index contributed by atoms with van der Waals surface area (Å²) in [5.41, 5.74) is 0. The van der Waals surface area contributed by atoms with Crippen molar-refractivity contribution >= 4 is 22.2 Å². The predicted octanol–water partition coefficient (Wildman–Crippen LogP) is 1.69. The molecule has 2 aromatic heterocycles. The van der Waals surface area contributed by atoms with E-state index in [0.29, 0.717) is 4.88 Å². The number of imidazole rings is 1. The molecule has 1 N–H and O–H groups in total. The molecule has 1 amide bonds. The number of thiazole rings is 1. The van der Waals surface area contributed by atoms with Crippen LogP contribution in [0.25, 0.3) is 4.96 Å². The highest BCUT2D eigenvalue weighted by atomic mass is 32.1. The highest BCUT2D eigenvalue weighted by Gasteiger charge is 2.17. The van der Waals surface area contributed by atoms with Crippen molar-refractivity contribution in [1.82, 2.24) is 14.7 Å². The number of hydrogen-bond donors (Lipinski definition) is 1. The number of carbonyl (C=O) groups is 1. The minimum atomic E-state index is -0.00241. The van der Waals surface area contributed by atoms with Gasteiger partial charge in [-0.3, -0.25) is 9.20 Å². The summed E-state index contributed by atoms with van der Waals surface area (Å²) in [7, 11) is 0. The topological polar surface area (TPSA) is 55.6 Å². The molecule has 1 fully saturated rings. The largest absolute Gasteiger partial charge is 0.381 e. The van der Waals surface area contributed by atoms with Crippen LogP contribution < -0.4 is 5.32 Å². The molecule has 1 atom stereocenters. The summed E-state index contributed by atoms with van der Waals surface area (Å²) >= 11 is 1.41. The molecule has 0 aromatic carbocycles. The SMILES string of the molecule is O=C(NC1CCCOCC1)c1cn2ccnc2s1. The molecular formula is C12H15N3O2S. The van der Waals surface area contributed by atoms with Crippen LogP contribution in [0.1, 0.15) is 28.9 Å². The lowest BCUT2D eigenvalue weighted by atomic mass is 10.1. The van der Waals surface area contributed by atoms with Gasteiger partial charge >= 0.3 is 0 Å². The maximum absolute atomic E-state index is 12.1. The lowest BCUT2D eigenvalue weighted by Gasteiger charge is -2.14. The van der Waals surface area contributed by atoms with Crippen LogP contribution in [0.2, 0.25) is 0 Å². The highest BCUT2D eigenvalue weighted by Crippen LogP contribution is 2.17. The van der Waals surface area contributed by atoms with Crippen molar-refractivity contribution in [1.29, 1.82) is 0 Å². The molecule has 6 heteroatoms. The van der Waals surface area contributed by atoms with Crippen LogP contribution in [0.4, 0.5) is 0 Å². The van der Waals surface area contributed by atoms with Crippen LogP contribution in [-0.2, 0) is 4.74 Å². The first-order valence-corrected chi connectivity index (χ1v) is 6.96. The van der Waals surface area contributed by atoms with E-state index in [0.717, 1.165) is 37.4 Å². The summed E-state index contributed by atoms with van der Waals surface area (Å²) in [6.45, 7) is 1.54. The molecule has 0 bridgehead atoms. The van der Waals surface area contributed by atoms with E-state index in [4.69, 9.17) is 4.74 Å². The Morgan fingerprint density at radius 1 is 1.50 bits per heavy atom. The van der Waals surface area contributed by atoms with Crippen LogP contribution in [0, 0.1) is 0 Å². The van der Waals surface area contributed by atoms with Gasteiger partial charge < -0.3 is 10.1 Å². The summed E-state index contributed by atoms with van der Waals surface area (Å²) in [5, 5.41) is 3.08. The number of fused-ring (bicyclic) bond motifs is 1. The maximum Gasteiger partial charge on any atom is 0.263 e. The van der Waals surface area contributed by atoms with Crippen LogP contribution in [-0.4, -0.2) is 34.5 Å². The van der Waals surface area contributed by atoms with Crippen LogP contribution >= 0.6 is 11.3 Å². The fourth-order valence-corrected chi connectivity index (χ4v) is 2.98. The number of nitrogens with one attached hydrogen (secondary N) is 1. The molecule has 0 aliphatic carbocycles. The zero-order valence-corrected chi connectivity index (χ0v) is 10.8. The Morgan fingerprint density at radius 3 is 3.33 bits per heavy atom. The van der Waals surface area contributed by atoms with Crippen LogP contribution in [0.15, 0.2) is 18.6 Å². The normalized spacial score (nSPS) is 20.8. The third-order valence-electron chi connectivity index (χ3n) is 3.10. The number of hydrogen-bond acceptors (Lipinski definition) is 4. The number of rotatable bonds is 2. The first kappa shape index (κ1) is 11.7. The van der Waals surface area contributed by atoms with E-state index in [1.165, 1.54) is 11.3 Å². The zero-order valence-electron chi connectivity index (χ0n) is 9.96. The van der Waals surface area contributed by atoms with Gasteiger partial charge in [0.05, 0.1) is 0 Å². The summed E-state index contributed by atoms with van der Waals surface area (Å²) in [6, 6.07) is 0.231. The zero-order chi connectivity index (χ0) is 12.4. The summed E-state index contributed by atoms with van der Waals surface area (Å²) in [4.78, 5) is 17.8. The second-order valence-corrected chi connectivity index (χ2v) is 5.44. The number of amides is 1. The number of carbonyl (C=O) groups excluding carboxylic acids is 1. The van der Waals surface area contributed by atoms with E-state index in [-0.39, 0.29) is 11.9 Å². The molecule has 0 radical (unpaired) electrons. The van der Waals surface area contributed by atoms with Crippen molar-refractivity contribution in [3.05, 3.63) is 23.5 Å². The van der Waals surface area contributed by atoms with Crippen molar-refractivity contribution in [2.75, 3.05) is 13.2 Å². The lowest BCUT2D eigenvalue weighted by molar-refractivity contribution is 0.0933. The molecule has 1 aliphatic rings. The van der Waals surface area contributed by atoms with E-state index in [1.54, 1.807) is 6.20 Å². The molecule has 2 aromatic rings. The maximum atomic E-state index is 12.1. The molecule has 3 heterocycles. The minimum absolute atomic E-state index is 0.00241. The molecule has 0 saturated carbocycles. The Morgan fingerprint density at radius 2 is 2.44 bits per heavy atom. The van der Waals surface area contributed by atoms with Gasteiger partial charge in [0.2, 0.25) is 0 Å². The number of nitrogens with zero attached hydrogens (tertiary/aromatic N) is 2. The summed E-state index contributed by atoms with van der Waals surface area (Å²) in [5.74, 6) is -0.00241. The molecular weight excluding hydrogens is 250 g/mol. The van der Waals surface area contributed by atoms with Gasteiger partial charge in [-0.25, -0.2) is 4.98 Å². The van der Waals surface area contributed by atoms with Crippen molar-refractivity contribution in [2.24, 2.45) is 0 Å². The Balaban J connectivity index is 1.68. The first-order chi connectivity index (χ1) is 8.83. The lowest BCUT2D eigenvalue weighted by Crippen LogP contribution is -2.34. The smallest absolute Gasteiger partial charge is 0.263 e. The van der Waals surface area contributed by atoms with Gasteiger partial charge in [-0.05, 0) is 19.3 Å². The van der Waals surface area contributed by atoms with Crippen molar-refractivity contribution in [3.8, 4) is 0 Å².